The van der Waals surface area contributed by atoms with Crippen molar-refractivity contribution in [2.45, 2.75) is 39.7 Å². The molecule has 0 heterocycles. The Morgan fingerprint density at radius 3 is 2.25 bits per heavy atom. The van der Waals surface area contributed by atoms with Gasteiger partial charge < -0.3 is 16.2 Å². The minimum Gasteiger partial charge on any atom is -0.480 e. The standard InChI is InChI=1S/C11H22N2O3/c1-4-9(11(15)16)13-10(14)8(6-12)5-7(2)3/h7-9H,4-6,12H2,1-3H3,(H,13,14)(H,15,16)/t8?,9-/m0/s1. The Morgan fingerprint density at radius 1 is 1.38 bits per heavy atom. The van der Waals surface area contributed by atoms with Crippen molar-refractivity contribution in [3.8, 4) is 0 Å². The Bertz CT molecular complexity index is 241. The summed E-state index contributed by atoms with van der Waals surface area (Å²) < 4.78 is 0. The van der Waals surface area contributed by atoms with Crippen LogP contribution in [0.5, 0.6) is 0 Å². The summed E-state index contributed by atoms with van der Waals surface area (Å²) in [7, 11) is 0. The molecular weight excluding hydrogens is 208 g/mol. The monoisotopic (exact) mass is 230 g/mol. The predicted molar refractivity (Wildman–Crippen MR) is 61.9 cm³/mol. The highest BCUT2D eigenvalue weighted by Crippen LogP contribution is 2.11. The van der Waals surface area contributed by atoms with Gasteiger partial charge in [0.15, 0.2) is 0 Å². The maximum atomic E-state index is 11.7. The Kier molecular flexibility index (Phi) is 6.72. The fraction of sp³-hybridized carbons (Fsp3) is 0.818. The van der Waals surface area contributed by atoms with Gasteiger partial charge in [-0.05, 0) is 18.8 Å². The van der Waals surface area contributed by atoms with E-state index in [9.17, 15) is 9.59 Å². The molecule has 1 amide bonds. The van der Waals surface area contributed by atoms with E-state index in [2.05, 4.69) is 5.32 Å². The fourth-order valence-corrected chi connectivity index (χ4v) is 1.51. The topological polar surface area (TPSA) is 92.4 Å². The van der Waals surface area contributed by atoms with Crippen molar-refractivity contribution in [1.29, 1.82) is 0 Å². The van der Waals surface area contributed by atoms with Crippen LogP contribution >= 0.6 is 0 Å². The molecule has 0 rings (SSSR count). The summed E-state index contributed by atoms with van der Waals surface area (Å²) in [5, 5.41) is 11.3. The second kappa shape index (κ2) is 7.22. The van der Waals surface area contributed by atoms with Crippen LogP contribution < -0.4 is 11.1 Å². The molecule has 94 valence electrons. The lowest BCUT2D eigenvalue weighted by Gasteiger charge is -2.19. The molecule has 5 heteroatoms. The number of hydrogen-bond donors (Lipinski definition) is 3. The van der Waals surface area contributed by atoms with Gasteiger partial charge in [0.05, 0.1) is 5.92 Å². The number of carbonyl (C=O) groups excluding carboxylic acids is 1. The molecule has 0 saturated heterocycles. The molecule has 2 atom stereocenters. The van der Waals surface area contributed by atoms with Crippen molar-refractivity contribution >= 4 is 11.9 Å². The number of rotatable bonds is 7. The maximum absolute atomic E-state index is 11.7. The first-order valence-electron chi connectivity index (χ1n) is 5.65. The van der Waals surface area contributed by atoms with E-state index in [1.165, 1.54) is 0 Å². The molecule has 0 aliphatic rings. The molecule has 0 spiro atoms. The van der Waals surface area contributed by atoms with Gasteiger partial charge in [0.2, 0.25) is 5.91 Å². The molecule has 0 radical (unpaired) electrons. The van der Waals surface area contributed by atoms with Gasteiger partial charge in [0.1, 0.15) is 6.04 Å². The number of amides is 1. The normalized spacial score (nSPS) is 14.6. The number of nitrogens with one attached hydrogen (secondary N) is 1. The van der Waals surface area contributed by atoms with Gasteiger partial charge in [0.25, 0.3) is 0 Å². The van der Waals surface area contributed by atoms with E-state index in [0.717, 1.165) is 0 Å². The maximum Gasteiger partial charge on any atom is 0.326 e. The summed E-state index contributed by atoms with van der Waals surface area (Å²) in [6, 6.07) is -0.811. The average Bonchev–Trinajstić information content (AvgIpc) is 2.21. The van der Waals surface area contributed by atoms with E-state index >= 15 is 0 Å². The first-order valence-corrected chi connectivity index (χ1v) is 5.65. The molecule has 0 aromatic heterocycles. The number of carbonyl (C=O) groups is 2. The van der Waals surface area contributed by atoms with Crippen molar-refractivity contribution in [2.75, 3.05) is 6.54 Å². The number of carboxylic acids is 1. The van der Waals surface area contributed by atoms with Gasteiger partial charge in [-0.2, -0.15) is 0 Å². The number of aliphatic carboxylic acids is 1. The van der Waals surface area contributed by atoms with Crippen LogP contribution in [0.1, 0.15) is 33.6 Å². The lowest BCUT2D eigenvalue weighted by Crippen LogP contribution is -2.45. The second-order valence-corrected chi connectivity index (χ2v) is 4.37. The second-order valence-electron chi connectivity index (χ2n) is 4.37. The molecule has 1 unspecified atom stereocenters. The highest BCUT2D eigenvalue weighted by atomic mass is 16.4. The van der Waals surface area contributed by atoms with Crippen molar-refractivity contribution in [1.82, 2.24) is 5.32 Å². The van der Waals surface area contributed by atoms with Gasteiger partial charge in [-0.25, -0.2) is 4.79 Å². The summed E-state index contributed by atoms with van der Waals surface area (Å²) in [6.45, 7) is 5.98. The lowest BCUT2D eigenvalue weighted by atomic mass is 9.96. The van der Waals surface area contributed by atoms with Crippen LogP contribution in [0.15, 0.2) is 0 Å². The van der Waals surface area contributed by atoms with E-state index in [0.29, 0.717) is 18.8 Å². The molecule has 0 saturated carbocycles. The minimum absolute atomic E-state index is 0.250. The summed E-state index contributed by atoms with van der Waals surface area (Å²) >= 11 is 0. The molecule has 0 aromatic rings. The van der Waals surface area contributed by atoms with E-state index in [1.54, 1.807) is 6.92 Å². The van der Waals surface area contributed by atoms with E-state index in [-0.39, 0.29) is 18.4 Å². The van der Waals surface area contributed by atoms with Crippen LogP contribution in [0.2, 0.25) is 0 Å². The molecule has 0 bridgehead atoms. The summed E-state index contributed by atoms with van der Waals surface area (Å²) in [4.78, 5) is 22.5. The first kappa shape index (κ1) is 14.9. The zero-order valence-electron chi connectivity index (χ0n) is 10.2. The zero-order valence-corrected chi connectivity index (χ0v) is 10.2. The van der Waals surface area contributed by atoms with Crippen LogP contribution in [0.3, 0.4) is 0 Å². The Labute approximate surface area is 96.4 Å². The third kappa shape index (κ3) is 5.11. The minimum atomic E-state index is -1.00. The lowest BCUT2D eigenvalue weighted by molar-refractivity contribution is -0.142. The first-order chi connectivity index (χ1) is 7.42. The molecule has 0 aromatic carbocycles. The molecule has 4 N–H and O–H groups in total. The molecule has 0 fully saturated rings. The van der Waals surface area contributed by atoms with Crippen LogP contribution in [-0.4, -0.2) is 29.6 Å². The highest BCUT2D eigenvalue weighted by molar-refractivity contribution is 5.85. The summed E-state index contributed by atoms with van der Waals surface area (Å²) in [6.07, 6.45) is 1.05. The Balaban J connectivity index is 4.34. The van der Waals surface area contributed by atoms with Gasteiger partial charge in [0, 0.05) is 6.54 Å². The van der Waals surface area contributed by atoms with Gasteiger partial charge in [-0.15, -0.1) is 0 Å². The quantitative estimate of drug-likeness (QED) is 0.596. The van der Waals surface area contributed by atoms with E-state index in [1.807, 2.05) is 13.8 Å². The van der Waals surface area contributed by atoms with Crippen LogP contribution in [0, 0.1) is 11.8 Å². The van der Waals surface area contributed by atoms with Gasteiger partial charge >= 0.3 is 5.97 Å². The van der Waals surface area contributed by atoms with E-state index < -0.39 is 12.0 Å². The van der Waals surface area contributed by atoms with Gasteiger partial charge in [-0.3, -0.25) is 4.79 Å². The number of hydrogen-bond acceptors (Lipinski definition) is 3. The van der Waals surface area contributed by atoms with Gasteiger partial charge in [-0.1, -0.05) is 20.8 Å². The van der Waals surface area contributed by atoms with Crippen LogP contribution in [-0.2, 0) is 9.59 Å². The van der Waals surface area contributed by atoms with E-state index in [4.69, 9.17) is 10.8 Å². The fourth-order valence-electron chi connectivity index (χ4n) is 1.51. The van der Waals surface area contributed by atoms with Crippen LogP contribution in [0.25, 0.3) is 0 Å². The number of carboxylic acid groups (broad SMARTS) is 1. The molecule has 5 nitrogen and oxygen atoms in total. The third-order valence-electron chi connectivity index (χ3n) is 2.43. The average molecular weight is 230 g/mol. The smallest absolute Gasteiger partial charge is 0.326 e. The SMILES string of the molecule is CC[C@H](NC(=O)C(CN)CC(C)C)C(=O)O. The summed E-state index contributed by atoms with van der Waals surface area (Å²) in [5.41, 5.74) is 5.51. The van der Waals surface area contributed by atoms with Crippen LogP contribution in [0.4, 0.5) is 0 Å². The Morgan fingerprint density at radius 2 is 1.94 bits per heavy atom. The Hall–Kier alpha value is -1.10. The third-order valence-corrected chi connectivity index (χ3v) is 2.43. The molecule has 0 aliphatic carbocycles. The zero-order chi connectivity index (χ0) is 12.7. The summed E-state index contributed by atoms with van der Waals surface area (Å²) in [5.74, 6) is -1.20. The molecule has 16 heavy (non-hydrogen) atoms. The molecule has 0 aliphatic heterocycles. The van der Waals surface area contributed by atoms with Crippen molar-refractivity contribution in [3.05, 3.63) is 0 Å². The number of nitrogens with two attached hydrogens (primary N) is 1. The molecular formula is C11H22N2O3. The highest BCUT2D eigenvalue weighted by Gasteiger charge is 2.23. The van der Waals surface area contributed by atoms with Crippen molar-refractivity contribution in [2.24, 2.45) is 17.6 Å². The predicted octanol–water partition coefficient (Wildman–Crippen LogP) is 0.587. The van der Waals surface area contributed by atoms with Crippen molar-refractivity contribution < 1.29 is 14.7 Å². The largest absolute Gasteiger partial charge is 0.480 e. The van der Waals surface area contributed by atoms with Crippen molar-refractivity contribution in [3.63, 3.8) is 0 Å².